The monoisotopic (exact) mass is 376 g/mol. The number of amides is 1. The molecule has 1 aromatic carbocycles. The minimum absolute atomic E-state index is 0.243. The van der Waals surface area contributed by atoms with Crippen LogP contribution in [0.3, 0.4) is 0 Å². The van der Waals surface area contributed by atoms with Crippen molar-refractivity contribution in [2.75, 3.05) is 11.9 Å². The van der Waals surface area contributed by atoms with E-state index in [0.717, 1.165) is 10.0 Å². The van der Waals surface area contributed by atoms with Crippen LogP contribution in [0, 0.1) is 13.8 Å². The van der Waals surface area contributed by atoms with Gasteiger partial charge in [-0.2, -0.15) is 0 Å². The highest BCUT2D eigenvalue weighted by atomic mass is 79.9. The van der Waals surface area contributed by atoms with Crippen LogP contribution in [0.5, 0.6) is 0 Å². The average Bonchev–Trinajstić information content (AvgIpc) is 2.51. The lowest BCUT2D eigenvalue weighted by molar-refractivity contribution is 0.0524. The molecule has 1 heterocycles. The topological polar surface area (TPSA) is 68.3 Å². The van der Waals surface area contributed by atoms with Gasteiger partial charge in [0.05, 0.1) is 17.9 Å². The molecule has 1 amide bonds. The van der Waals surface area contributed by atoms with Crippen LogP contribution >= 0.6 is 15.9 Å². The van der Waals surface area contributed by atoms with Crippen LogP contribution in [-0.2, 0) is 4.74 Å². The number of carbonyl (C=O) groups is 2. The molecule has 0 aliphatic rings. The average molecular weight is 377 g/mol. The Bertz CT molecular complexity index is 759. The van der Waals surface area contributed by atoms with Crippen molar-refractivity contribution in [3.05, 3.63) is 57.3 Å². The third-order valence-electron chi connectivity index (χ3n) is 3.24. The fraction of sp³-hybridized carbons (Fsp3) is 0.235. The third kappa shape index (κ3) is 4.16. The highest BCUT2D eigenvalue weighted by molar-refractivity contribution is 9.10. The number of hydrogen-bond donors (Lipinski definition) is 1. The number of pyridine rings is 1. The van der Waals surface area contributed by atoms with Gasteiger partial charge in [0.2, 0.25) is 0 Å². The van der Waals surface area contributed by atoms with Gasteiger partial charge >= 0.3 is 5.97 Å². The molecule has 23 heavy (non-hydrogen) atoms. The van der Waals surface area contributed by atoms with Crippen molar-refractivity contribution in [2.24, 2.45) is 0 Å². The maximum Gasteiger partial charge on any atom is 0.339 e. The molecular weight excluding hydrogens is 360 g/mol. The molecule has 0 atom stereocenters. The maximum atomic E-state index is 12.3. The molecule has 1 N–H and O–H groups in total. The van der Waals surface area contributed by atoms with Gasteiger partial charge in [-0.15, -0.1) is 0 Å². The van der Waals surface area contributed by atoms with Crippen LogP contribution in [0.4, 0.5) is 5.69 Å². The maximum absolute atomic E-state index is 12.3. The molecule has 0 fully saturated rings. The van der Waals surface area contributed by atoms with Crippen LogP contribution in [-0.4, -0.2) is 23.5 Å². The summed E-state index contributed by atoms with van der Waals surface area (Å²) in [5, 5.41) is 2.78. The molecule has 2 aromatic rings. The minimum Gasteiger partial charge on any atom is -0.462 e. The van der Waals surface area contributed by atoms with E-state index in [1.54, 1.807) is 19.9 Å². The van der Waals surface area contributed by atoms with E-state index in [4.69, 9.17) is 4.74 Å². The first-order valence-electron chi connectivity index (χ1n) is 7.14. The van der Waals surface area contributed by atoms with Gasteiger partial charge in [0.1, 0.15) is 5.69 Å². The van der Waals surface area contributed by atoms with E-state index in [2.05, 4.69) is 26.2 Å². The molecule has 0 aliphatic carbocycles. The van der Waals surface area contributed by atoms with Crippen LogP contribution < -0.4 is 5.32 Å². The number of anilines is 1. The van der Waals surface area contributed by atoms with Crippen LogP contribution in [0.25, 0.3) is 0 Å². The van der Waals surface area contributed by atoms with Gasteiger partial charge < -0.3 is 10.1 Å². The fourth-order valence-corrected chi connectivity index (χ4v) is 2.36. The van der Waals surface area contributed by atoms with Crippen molar-refractivity contribution in [1.29, 1.82) is 0 Å². The fourth-order valence-electron chi connectivity index (χ4n) is 1.98. The summed E-state index contributed by atoms with van der Waals surface area (Å²) in [5.74, 6) is -0.772. The Labute approximate surface area is 143 Å². The van der Waals surface area contributed by atoms with Gasteiger partial charge in [0, 0.05) is 10.2 Å². The van der Waals surface area contributed by atoms with Crippen molar-refractivity contribution >= 4 is 33.5 Å². The van der Waals surface area contributed by atoms with E-state index >= 15 is 0 Å². The Morgan fingerprint density at radius 1 is 1.22 bits per heavy atom. The number of benzene rings is 1. The number of rotatable bonds is 4. The second-order valence-electron chi connectivity index (χ2n) is 4.97. The third-order valence-corrected chi connectivity index (χ3v) is 4.10. The number of esters is 1. The number of aryl methyl sites for hydroxylation is 2. The number of aromatic nitrogens is 1. The molecule has 0 saturated carbocycles. The molecule has 0 spiro atoms. The standard InChI is InChI=1S/C17H17BrN2O3/c1-4-23-17(22)13-7-8-15(19-11(13)3)16(21)20-12-6-5-10(2)14(18)9-12/h5-9H,4H2,1-3H3,(H,20,21). The lowest BCUT2D eigenvalue weighted by Gasteiger charge is -2.09. The Hall–Kier alpha value is -2.21. The van der Waals surface area contributed by atoms with Gasteiger partial charge in [-0.25, -0.2) is 9.78 Å². The summed E-state index contributed by atoms with van der Waals surface area (Å²) >= 11 is 3.43. The highest BCUT2D eigenvalue weighted by Gasteiger charge is 2.15. The molecule has 0 saturated heterocycles. The van der Waals surface area contributed by atoms with Crippen molar-refractivity contribution in [3.63, 3.8) is 0 Å². The predicted octanol–water partition coefficient (Wildman–Crippen LogP) is 3.89. The lowest BCUT2D eigenvalue weighted by atomic mass is 10.1. The van der Waals surface area contributed by atoms with Gasteiger partial charge in [0.15, 0.2) is 0 Å². The normalized spacial score (nSPS) is 10.3. The summed E-state index contributed by atoms with van der Waals surface area (Å²) in [5.41, 5.74) is 2.81. The van der Waals surface area contributed by atoms with Crippen LogP contribution in [0.2, 0.25) is 0 Å². The van der Waals surface area contributed by atoms with E-state index in [1.807, 2.05) is 25.1 Å². The van der Waals surface area contributed by atoms with E-state index in [-0.39, 0.29) is 11.6 Å². The number of hydrogen-bond acceptors (Lipinski definition) is 4. The van der Waals surface area contributed by atoms with Gasteiger partial charge in [-0.05, 0) is 50.6 Å². The molecule has 120 valence electrons. The van der Waals surface area contributed by atoms with Crippen molar-refractivity contribution in [3.8, 4) is 0 Å². The second-order valence-corrected chi connectivity index (χ2v) is 5.82. The first-order chi connectivity index (χ1) is 10.9. The van der Waals surface area contributed by atoms with Crippen LogP contribution in [0.15, 0.2) is 34.8 Å². The molecule has 0 bridgehead atoms. The highest BCUT2D eigenvalue weighted by Crippen LogP contribution is 2.21. The van der Waals surface area contributed by atoms with E-state index in [0.29, 0.717) is 23.6 Å². The minimum atomic E-state index is -0.438. The summed E-state index contributed by atoms with van der Waals surface area (Å²) in [4.78, 5) is 28.2. The van der Waals surface area contributed by atoms with E-state index in [9.17, 15) is 9.59 Å². The molecule has 0 radical (unpaired) electrons. The quantitative estimate of drug-likeness (QED) is 0.821. The first-order valence-corrected chi connectivity index (χ1v) is 7.94. The number of ether oxygens (including phenoxy) is 1. The smallest absolute Gasteiger partial charge is 0.339 e. The SMILES string of the molecule is CCOC(=O)c1ccc(C(=O)Nc2ccc(C)c(Br)c2)nc1C. The zero-order chi connectivity index (χ0) is 17.0. The molecular formula is C17H17BrN2O3. The Morgan fingerprint density at radius 2 is 1.96 bits per heavy atom. The Balaban J connectivity index is 2.18. The summed E-state index contributed by atoms with van der Waals surface area (Å²) in [6, 6.07) is 8.62. The molecule has 6 heteroatoms. The molecule has 2 rings (SSSR count). The summed E-state index contributed by atoms with van der Waals surface area (Å²) in [7, 11) is 0. The summed E-state index contributed by atoms with van der Waals surface area (Å²) in [6.45, 7) is 5.67. The van der Waals surface area contributed by atoms with Crippen LogP contribution in [0.1, 0.15) is 39.0 Å². The molecule has 0 aliphatic heterocycles. The Morgan fingerprint density at radius 3 is 2.57 bits per heavy atom. The number of nitrogens with one attached hydrogen (secondary N) is 1. The van der Waals surface area contributed by atoms with Crippen molar-refractivity contribution in [2.45, 2.75) is 20.8 Å². The predicted molar refractivity (Wildman–Crippen MR) is 91.8 cm³/mol. The number of carbonyl (C=O) groups excluding carboxylic acids is 2. The van der Waals surface area contributed by atoms with E-state index in [1.165, 1.54) is 6.07 Å². The second kappa shape index (κ2) is 7.37. The number of nitrogens with zero attached hydrogens (tertiary/aromatic N) is 1. The largest absolute Gasteiger partial charge is 0.462 e. The summed E-state index contributed by atoms with van der Waals surface area (Å²) < 4.78 is 5.86. The lowest BCUT2D eigenvalue weighted by Crippen LogP contribution is -2.16. The van der Waals surface area contributed by atoms with Crippen molar-refractivity contribution in [1.82, 2.24) is 4.98 Å². The molecule has 5 nitrogen and oxygen atoms in total. The summed E-state index contributed by atoms with van der Waals surface area (Å²) in [6.07, 6.45) is 0. The zero-order valence-electron chi connectivity index (χ0n) is 13.1. The van der Waals surface area contributed by atoms with Crippen molar-refractivity contribution < 1.29 is 14.3 Å². The number of halogens is 1. The van der Waals surface area contributed by atoms with Gasteiger partial charge in [-0.3, -0.25) is 4.79 Å². The molecule has 0 unspecified atom stereocenters. The van der Waals surface area contributed by atoms with Gasteiger partial charge in [0.25, 0.3) is 5.91 Å². The first kappa shape index (κ1) is 17.1. The molecule has 1 aromatic heterocycles. The van der Waals surface area contributed by atoms with E-state index < -0.39 is 5.97 Å². The Kier molecular flexibility index (Phi) is 5.50. The van der Waals surface area contributed by atoms with Gasteiger partial charge in [-0.1, -0.05) is 22.0 Å². The zero-order valence-corrected chi connectivity index (χ0v) is 14.7.